The number of aromatic nitrogens is 2. The molecule has 1 unspecified atom stereocenters. The van der Waals surface area contributed by atoms with Gasteiger partial charge in [-0.05, 0) is 32.0 Å². The molecule has 1 N–H and O–H groups in total. The maximum atomic E-state index is 13.7. The zero-order valence-corrected chi connectivity index (χ0v) is 11.2. The summed E-state index contributed by atoms with van der Waals surface area (Å²) in [6.45, 7) is 1.90. The van der Waals surface area contributed by atoms with Crippen LogP contribution < -0.4 is 5.32 Å². The second kappa shape index (κ2) is 5.48. The van der Waals surface area contributed by atoms with Crippen LogP contribution in [0.1, 0.15) is 22.9 Å². The van der Waals surface area contributed by atoms with Crippen molar-refractivity contribution < 1.29 is 8.78 Å². The first-order valence-electron chi connectivity index (χ1n) is 6.13. The van der Waals surface area contributed by atoms with Crippen molar-refractivity contribution in [2.75, 3.05) is 7.05 Å². The Hall–Kier alpha value is -1.75. The largest absolute Gasteiger partial charge is 0.313 e. The van der Waals surface area contributed by atoms with Gasteiger partial charge in [-0.2, -0.15) is 5.10 Å². The summed E-state index contributed by atoms with van der Waals surface area (Å²) in [4.78, 5) is 0. The predicted octanol–water partition coefficient (Wildman–Crippen LogP) is 2.51. The third kappa shape index (κ3) is 2.81. The number of hydrogen-bond acceptors (Lipinski definition) is 2. The standard InChI is InChI=1S/C14H17F2N3/c1-9-11(8-19(3)18-9)13(17-2)7-10-5-4-6-12(15)14(10)16/h4-6,8,13,17H,7H2,1-3H3. The van der Waals surface area contributed by atoms with Crippen LogP contribution in [0, 0.1) is 18.6 Å². The van der Waals surface area contributed by atoms with Crippen LogP contribution in [-0.2, 0) is 13.5 Å². The summed E-state index contributed by atoms with van der Waals surface area (Å²) in [5.74, 6) is -1.58. The Morgan fingerprint density at radius 3 is 2.68 bits per heavy atom. The molecule has 0 saturated heterocycles. The fraction of sp³-hybridized carbons (Fsp3) is 0.357. The summed E-state index contributed by atoms with van der Waals surface area (Å²) in [5, 5.41) is 7.40. The molecule has 0 aliphatic carbocycles. The molecule has 5 heteroatoms. The molecule has 3 nitrogen and oxygen atoms in total. The Labute approximate surface area is 111 Å². The molecular weight excluding hydrogens is 248 g/mol. The van der Waals surface area contributed by atoms with E-state index < -0.39 is 11.6 Å². The Kier molecular flexibility index (Phi) is 3.95. The number of likely N-dealkylation sites (N-methyl/N-ethyl adjacent to an activating group) is 1. The van der Waals surface area contributed by atoms with Crippen LogP contribution in [0.4, 0.5) is 8.78 Å². The molecule has 1 heterocycles. The molecule has 0 fully saturated rings. The van der Waals surface area contributed by atoms with Crippen molar-refractivity contribution >= 4 is 0 Å². The average Bonchev–Trinajstić information content (AvgIpc) is 2.70. The van der Waals surface area contributed by atoms with Gasteiger partial charge < -0.3 is 5.32 Å². The molecule has 0 aliphatic rings. The number of nitrogens with zero attached hydrogens (tertiary/aromatic N) is 2. The highest BCUT2D eigenvalue weighted by molar-refractivity contribution is 5.26. The summed E-state index contributed by atoms with van der Waals surface area (Å²) in [7, 11) is 3.64. The number of benzene rings is 1. The molecule has 0 amide bonds. The van der Waals surface area contributed by atoms with Gasteiger partial charge >= 0.3 is 0 Å². The predicted molar refractivity (Wildman–Crippen MR) is 69.8 cm³/mol. The van der Waals surface area contributed by atoms with E-state index in [2.05, 4.69) is 10.4 Å². The summed E-state index contributed by atoms with van der Waals surface area (Å²) in [6.07, 6.45) is 2.28. The van der Waals surface area contributed by atoms with Crippen LogP contribution >= 0.6 is 0 Å². The molecule has 0 saturated carbocycles. The number of rotatable bonds is 4. The van der Waals surface area contributed by atoms with Crippen LogP contribution in [0.25, 0.3) is 0 Å². The summed E-state index contributed by atoms with van der Waals surface area (Å²) in [6, 6.07) is 4.16. The highest BCUT2D eigenvalue weighted by Gasteiger charge is 2.18. The van der Waals surface area contributed by atoms with Gasteiger partial charge in [0.15, 0.2) is 11.6 Å². The van der Waals surface area contributed by atoms with Crippen LogP contribution in [-0.4, -0.2) is 16.8 Å². The molecular formula is C14H17F2N3. The minimum Gasteiger partial charge on any atom is -0.313 e. The molecule has 102 valence electrons. The summed E-state index contributed by atoms with van der Waals surface area (Å²) >= 11 is 0. The van der Waals surface area contributed by atoms with Crippen molar-refractivity contribution in [2.24, 2.45) is 7.05 Å². The smallest absolute Gasteiger partial charge is 0.162 e. The fourth-order valence-electron chi connectivity index (χ4n) is 2.25. The topological polar surface area (TPSA) is 29.9 Å². The van der Waals surface area contributed by atoms with Crippen LogP contribution in [0.15, 0.2) is 24.4 Å². The molecule has 0 aliphatic heterocycles. The molecule has 1 atom stereocenters. The first kappa shape index (κ1) is 13.7. The van der Waals surface area contributed by atoms with Gasteiger partial charge in [-0.25, -0.2) is 8.78 Å². The Bertz CT molecular complexity index is 578. The lowest BCUT2D eigenvalue weighted by Gasteiger charge is -2.16. The zero-order chi connectivity index (χ0) is 14.0. The Morgan fingerprint density at radius 1 is 1.37 bits per heavy atom. The van der Waals surface area contributed by atoms with E-state index in [0.29, 0.717) is 12.0 Å². The molecule has 2 aromatic rings. The lowest BCUT2D eigenvalue weighted by atomic mass is 9.99. The van der Waals surface area contributed by atoms with Gasteiger partial charge in [0.05, 0.1) is 5.69 Å². The minimum atomic E-state index is -0.810. The quantitative estimate of drug-likeness (QED) is 0.920. The van der Waals surface area contributed by atoms with E-state index in [9.17, 15) is 8.78 Å². The maximum Gasteiger partial charge on any atom is 0.162 e. The van der Waals surface area contributed by atoms with Crippen molar-refractivity contribution in [1.29, 1.82) is 0 Å². The summed E-state index contributed by atoms with van der Waals surface area (Å²) in [5.41, 5.74) is 2.25. The third-order valence-electron chi connectivity index (χ3n) is 3.23. The van der Waals surface area contributed by atoms with Crippen molar-refractivity contribution in [2.45, 2.75) is 19.4 Å². The number of halogens is 2. The Morgan fingerprint density at radius 2 is 2.11 bits per heavy atom. The first-order valence-corrected chi connectivity index (χ1v) is 6.13. The molecule has 1 aromatic heterocycles. The normalized spacial score (nSPS) is 12.7. The second-order valence-corrected chi connectivity index (χ2v) is 4.60. The highest BCUT2D eigenvalue weighted by atomic mass is 19.2. The lowest BCUT2D eigenvalue weighted by Crippen LogP contribution is -2.20. The van der Waals surface area contributed by atoms with Gasteiger partial charge in [-0.1, -0.05) is 12.1 Å². The average molecular weight is 265 g/mol. The number of aryl methyl sites for hydroxylation is 2. The minimum absolute atomic E-state index is 0.0926. The van der Waals surface area contributed by atoms with Gasteiger partial charge in [-0.3, -0.25) is 4.68 Å². The van der Waals surface area contributed by atoms with Gasteiger partial charge in [-0.15, -0.1) is 0 Å². The maximum absolute atomic E-state index is 13.7. The number of nitrogens with one attached hydrogen (secondary N) is 1. The summed E-state index contributed by atoms with van der Waals surface area (Å²) < 4.78 is 28.6. The molecule has 0 radical (unpaired) electrons. The van der Waals surface area contributed by atoms with Crippen LogP contribution in [0.2, 0.25) is 0 Å². The molecule has 0 bridgehead atoms. The fourth-order valence-corrected chi connectivity index (χ4v) is 2.25. The van der Waals surface area contributed by atoms with Crippen molar-refractivity contribution in [1.82, 2.24) is 15.1 Å². The van der Waals surface area contributed by atoms with Gasteiger partial charge in [0.1, 0.15) is 0 Å². The molecule has 0 spiro atoms. The van der Waals surface area contributed by atoms with E-state index in [1.165, 1.54) is 6.07 Å². The molecule has 1 aromatic carbocycles. The van der Waals surface area contributed by atoms with Gasteiger partial charge in [0.25, 0.3) is 0 Å². The van der Waals surface area contributed by atoms with Crippen LogP contribution in [0.3, 0.4) is 0 Å². The highest BCUT2D eigenvalue weighted by Crippen LogP contribution is 2.22. The monoisotopic (exact) mass is 265 g/mol. The first-order chi connectivity index (χ1) is 9.02. The van der Waals surface area contributed by atoms with E-state index in [-0.39, 0.29) is 6.04 Å². The zero-order valence-electron chi connectivity index (χ0n) is 11.2. The lowest BCUT2D eigenvalue weighted by molar-refractivity contribution is 0.486. The van der Waals surface area contributed by atoms with E-state index >= 15 is 0 Å². The van der Waals surface area contributed by atoms with E-state index in [0.717, 1.165) is 17.3 Å². The third-order valence-corrected chi connectivity index (χ3v) is 3.23. The van der Waals surface area contributed by atoms with Crippen molar-refractivity contribution in [3.8, 4) is 0 Å². The van der Waals surface area contributed by atoms with E-state index in [4.69, 9.17) is 0 Å². The van der Waals surface area contributed by atoms with Crippen molar-refractivity contribution in [3.05, 3.63) is 52.9 Å². The van der Waals surface area contributed by atoms with E-state index in [1.807, 2.05) is 20.2 Å². The Balaban J connectivity index is 2.29. The van der Waals surface area contributed by atoms with E-state index in [1.54, 1.807) is 17.8 Å². The SMILES string of the molecule is CNC(Cc1cccc(F)c1F)c1cn(C)nc1C. The van der Waals surface area contributed by atoms with Gasteiger partial charge in [0, 0.05) is 24.8 Å². The van der Waals surface area contributed by atoms with Crippen LogP contribution in [0.5, 0.6) is 0 Å². The molecule has 2 rings (SSSR count). The van der Waals surface area contributed by atoms with Gasteiger partial charge in [0.2, 0.25) is 0 Å². The second-order valence-electron chi connectivity index (χ2n) is 4.60. The molecule has 19 heavy (non-hydrogen) atoms. The van der Waals surface area contributed by atoms with Crippen molar-refractivity contribution in [3.63, 3.8) is 0 Å². The number of hydrogen-bond donors (Lipinski definition) is 1.